The largest absolute Gasteiger partial charge is 0.323 e. The Morgan fingerprint density at radius 3 is 3.08 bits per heavy atom. The van der Waals surface area contributed by atoms with Crippen LogP contribution in [0.15, 0.2) is 29.0 Å². The number of nitrogens with two attached hydrogens (primary N) is 1. The molecule has 0 aromatic carbocycles. The minimum Gasteiger partial charge on any atom is -0.323 e. The van der Waals surface area contributed by atoms with Gasteiger partial charge >= 0.3 is 0 Å². The van der Waals surface area contributed by atoms with E-state index in [1.807, 2.05) is 35.9 Å². The Balaban J connectivity index is 2.62. The van der Waals surface area contributed by atoms with Gasteiger partial charge in [0.05, 0.1) is 5.69 Å². The average Bonchev–Trinajstić information content (AvgIpc) is 2.46. The summed E-state index contributed by atoms with van der Waals surface area (Å²) in [4.78, 5) is 4.38. The van der Waals surface area contributed by atoms with Crippen molar-refractivity contribution < 1.29 is 0 Å². The minimum atomic E-state index is -0.0151. The normalized spacial score (nSPS) is 13.5. The van der Waals surface area contributed by atoms with Gasteiger partial charge in [-0.25, -0.2) is 4.98 Å². The molecule has 13 heavy (non-hydrogen) atoms. The molecule has 1 atom stereocenters. The van der Waals surface area contributed by atoms with Crippen LogP contribution in [0.4, 0.5) is 0 Å². The smallest absolute Gasteiger partial charge is 0.138 e. The van der Waals surface area contributed by atoms with E-state index in [1.54, 1.807) is 0 Å². The monoisotopic (exact) mass is 239 g/mol. The standard InChI is InChI=1S/C9H10BrN3/c1-6(11)8-5-13-3-2-7(10)4-9(13)12-8/h2-6H,11H2,1H3. The second-order valence-electron chi connectivity index (χ2n) is 3.06. The van der Waals surface area contributed by atoms with Crippen LogP contribution >= 0.6 is 15.9 Å². The Hall–Kier alpha value is -0.870. The number of halogens is 1. The van der Waals surface area contributed by atoms with Gasteiger partial charge in [-0.05, 0) is 19.1 Å². The molecule has 0 aliphatic carbocycles. The molecule has 2 N–H and O–H groups in total. The molecule has 0 spiro atoms. The van der Waals surface area contributed by atoms with Crippen LogP contribution < -0.4 is 5.73 Å². The van der Waals surface area contributed by atoms with Crippen molar-refractivity contribution in [1.82, 2.24) is 9.38 Å². The molecule has 0 saturated carbocycles. The lowest BCUT2D eigenvalue weighted by molar-refractivity contribution is 0.790. The molecule has 0 bridgehead atoms. The van der Waals surface area contributed by atoms with E-state index in [0.29, 0.717) is 0 Å². The number of hydrogen-bond acceptors (Lipinski definition) is 2. The number of hydrogen-bond donors (Lipinski definition) is 1. The van der Waals surface area contributed by atoms with Crippen LogP contribution in [0.5, 0.6) is 0 Å². The summed E-state index contributed by atoms with van der Waals surface area (Å²) in [6.45, 7) is 1.93. The molecule has 0 amide bonds. The Labute approximate surface area is 84.7 Å². The first-order valence-corrected chi connectivity index (χ1v) is 4.86. The minimum absolute atomic E-state index is 0.0151. The lowest BCUT2D eigenvalue weighted by atomic mass is 10.3. The van der Waals surface area contributed by atoms with Crippen LogP contribution in [0.25, 0.3) is 5.65 Å². The van der Waals surface area contributed by atoms with Crippen LogP contribution in [0.1, 0.15) is 18.7 Å². The number of aromatic nitrogens is 2. The van der Waals surface area contributed by atoms with E-state index < -0.39 is 0 Å². The second-order valence-corrected chi connectivity index (χ2v) is 3.98. The lowest BCUT2D eigenvalue weighted by Crippen LogP contribution is -2.04. The van der Waals surface area contributed by atoms with Crippen molar-refractivity contribution in [3.8, 4) is 0 Å². The van der Waals surface area contributed by atoms with Gasteiger partial charge in [0.1, 0.15) is 5.65 Å². The topological polar surface area (TPSA) is 43.3 Å². The molecular weight excluding hydrogens is 230 g/mol. The van der Waals surface area contributed by atoms with Gasteiger partial charge in [-0.15, -0.1) is 0 Å². The Morgan fingerprint density at radius 1 is 1.62 bits per heavy atom. The Bertz CT molecular complexity index is 433. The van der Waals surface area contributed by atoms with Gasteiger partial charge < -0.3 is 10.1 Å². The average molecular weight is 240 g/mol. The maximum atomic E-state index is 5.73. The maximum absolute atomic E-state index is 5.73. The molecule has 2 aromatic heterocycles. The highest BCUT2D eigenvalue weighted by atomic mass is 79.9. The molecule has 68 valence electrons. The molecule has 2 aromatic rings. The third-order valence-corrected chi connectivity index (χ3v) is 2.40. The van der Waals surface area contributed by atoms with E-state index in [0.717, 1.165) is 15.8 Å². The van der Waals surface area contributed by atoms with Gasteiger partial charge in [0.2, 0.25) is 0 Å². The second kappa shape index (κ2) is 3.12. The van der Waals surface area contributed by atoms with Gasteiger partial charge in [0.15, 0.2) is 0 Å². The van der Waals surface area contributed by atoms with Gasteiger partial charge in [-0.3, -0.25) is 0 Å². The van der Waals surface area contributed by atoms with Gasteiger partial charge in [-0.2, -0.15) is 0 Å². The molecular formula is C9H10BrN3. The fourth-order valence-corrected chi connectivity index (χ4v) is 1.52. The summed E-state index contributed by atoms with van der Waals surface area (Å²) in [6.07, 6.45) is 3.91. The van der Waals surface area contributed by atoms with Crippen molar-refractivity contribution in [3.63, 3.8) is 0 Å². The number of rotatable bonds is 1. The van der Waals surface area contributed by atoms with Crippen molar-refractivity contribution in [3.05, 3.63) is 34.7 Å². The van der Waals surface area contributed by atoms with Crippen molar-refractivity contribution in [2.75, 3.05) is 0 Å². The van der Waals surface area contributed by atoms with Gasteiger partial charge in [0, 0.05) is 22.9 Å². The lowest BCUT2D eigenvalue weighted by Gasteiger charge is -1.95. The summed E-state index contributed by atoms with van der Waals surface area (Å²) in [5, 5.41) is 0. The zero-order valence-corrected chi connectivity index (χ0v) is 8.82. The third-order valence-electron chi connectivity index (χ3n) is 1.91. The summed E-state index contributed by atoms with van der Waals surface area (Å²) in [7, 11) is 0. The molecule has 1 unspecified atom stereocenters. The van der Waals surface area contributed by atoms with Gasteiger partial charge in [-0.1, -0.05) is 15.9 Å². The third kappa shape index (κ3) is 1.59. The fourth-order valence-electron chi connectivity index (χ4n) is 1.20. The van der Waals surface area contributed by atoms with Crippen molar-refractivity contribution in [2.45, 2.75) is 13.0 Å². The molecule has 4 heteroatoms. The maximum Gasteiger partial charge on any atom is 0.138 e. The quantitative estimate of drug-likeness (QED) is 0.829. The number of nitrogens with zero attached hydrogens (tertiary/aromatic N) is 2. The Morgan fingerprint density at radius 2 is 2.38 bits per heavy atom. The summed E-state index contributed by atoms with van der Waals surface area (Å²) < 4.78 is 2.99. The fraction of sp³-hybridized carbons (Fsp3) is 0.222. The number of fused-ring (bicyclic) bond motifs is 1. The van der Waals surface area contributed by atoms with Crippen LogP contribution in [-0.4, -0.2) is 9.38 Å². The van der Waals surface area contributed by atoms with Crippen LogP contribution in [-0.2, 0) is 0 Å². The van der Waals surface area contributed by atoms with E-state index in [2.05, 4.69) is 20.9 Å². The summed E-state index contributed by atoms with van der Waals surface area (Å²) in [5.41, 5.74) is 7.56. The van der Waals surface area contributed by atoms with E-state index in [-0.39, 0.29) is 6.04 Å². The molecule has 0 fully saturated rings. The number of pyridine rings is 1. The van der Waals surface area contributed by atoms with E-state index in [9.17, 15) is 0 Å². The van der Waals surface area contributed by atoms with E-state index in [1.165, 1.54) is 0 Å². The molecule has 2 rings (SSSR count). The zero-order chi connectivity index (χ0) is 9.42. The molecule has 0 aliphatic heterocycles. The number of imidazole rings is 1. The van der Waals surface area contributed by atoms with Crippen LogP contribution in [0.3, 0.4) is 0 Å². The van der Waals surface area contributed by atoms with Crippen LogP contribution in [0.2, 0.25) is 0 Å². The molecule has 0 radical (unpaired) electrons. The molecule has 0 aliphatic rings. The van der Waals surface area contributed by atoms with Crippen molar-refractivity contribution in [1.29, 1.82) is 0 Å². The van der Waals surface area contributed by atoms with E-state index in [4.69, 9.17) is 5.73 Å². The van der Waals surface area contributed by atoms with Gasteiger partial charge in [0.25, 0.3) is 0 Å². The highest BCUT2D eigenvalue weighted by molar-refractivity contribution is 9.10. The van der Waals surface area contributed by atoms with E-state index >= 15 is 0 Å². The first-order chi connectivity index (χ1) is 6.16. The highest BCUT2D eigenvalue weighted by Crippen LogP contribution is 2.15. The predicted octanol–water partition coefficient (Wildman–Crippen LogP) is 2.12. The first-order valence-electron chi connectivity index (χ1n) is 4.06. The molecule has 2 heterocycles. The zero-order valence-electron chi connectivity index (χ0n) is 7.24. The van der Waals surface area contributed by atoms with Crippen molar-refractivity contribution >= 4 is 21.6 Å². The first kappa shape index (κ1) is 8.72. The van der Waals surface area contributed by atoms with Crippen LogP contribution in [0, 0.1) is 0 Å². The summed E-state index contributed by atoms with van der Waals surface area (Å²) in [5.74, 6) is 0. The Kier molecular flexibility index (Phi) is 2.09. The summed E-state index contributed by atoms with van der Waals surface area (Å²) >= 11 is 3.39. The summed E-state index contributed by atoms with van der Waals surface area (Å²) in [6, 6.07) is 3.92. The highest BCUT2D eigenvalue weighted by Gasteiger charge is 2.04. The van der Waals surface area contributed by atoms with Crippen molar-refractivity contribution in [2.24, 2.45) is 5.73 Å². The molecule has 3 nitrogen and oxygen atoms in total. The SMILES string of the molecule is CC(N)c1cn2ccc(Br)cc2n1. The predicted molar refractivity (Wildman–Crippen MR) is 55.5 cm³/mol. The molecule has 0 saturated heterocycles.